The molecule has 1 heterocycles. The third-order valence-electron chi connectivity index (χ3n) is 1.44. The summed E-state index contributed by atoms with van der Waals surface area (Å²) in [6.07, 6.45) is 0. The molecule has 0 spiro atoms. The monoisotopic (exact) mass is 167 g/mol. The first-order valence-corrected chi connectivity index (χ1v) is 2.78. The van der Waals surface area contributed by atoms with Crippen LogP contribution in [0, 0.1) is 5.92 Å². The van der Waals surface area contributed by atoms with Crippen LogP contribution in [0.25, 0.3) is 0 Å². The van der Waals surface area contributed by atoms with Gasteiger partial charge >= 0.3 is 5.97 Å². The molecule has 5 heteroatoms. The van der Waals surface area contributed by atoms with Crippen LogP contribution in [0.1, 0.15) is 0 Å². The minimum atomic E-state index is -0.861. The molecule has 0 unspecified atom stereocenters. The number of carboxylic acid groups (broad SMARTS) is 1. The van der Waals surface area contributed by atoms with Crippen molar-refractivity contribution in [1.29, 1.82) is 0 Å². The fourth-order valence-electron chi connectivity index (χ4n) is 0.825. The maximum absolute atomic E-state index is 10.3. The van der Waals surface area contributed by atoms with Crippen LogP contribution in [-0.2, 0) is 9.53 Å². The van der Waals surface area contributed by atoms with Gasteiger partial charge in [0.15, 0.2) is 0 Å². The van der Waals surface area contributed by atoms with Crippen LogP contribution in [0.3, 0.4) is 0 Å². The molecule has 0 radical (unpaired) electrons. The number of hydrogen-bond acceptors (Lipinski definition) is 3. The van der Waals surface area contributed by atoms with Gasteiger partial charge in [-0.05, 0) is 0 Å². The van der Waals surface area contributed by atoms with Crippen LogP contribution in [0.2, 0.25) is 0 Å². The summed E-state index contributed by atoms with van der Waals surface area (Å²) in [6, 6.07) is -0.317. The van der Waals surface area contributed by atoms with E-state index in [-0.39, 0.29) is 25.1 Å². The van der Waals surface area contributed by atoms with Crippen LogP contribution >= 0.6 is 12.4 Å². The van der Waals surface area contributed by atoms with E-state index in [1.54, 1.807) is 0 Å². The molecule has 0 aromatic rings. The Kier molecular flexibility index (Phi) is 3.63. The lowest BCUT2D eigenvalue weighted by Gasteiger charge is -2.04. The van der Waals surface area contributed by atoms with Gasteiger partial charge in [0.25, 0.3) is 0 Å². The number of hydrogen-bond donors (Lipinski definition) is 2. The average Bonchev–Trinajstić information content (AvgIpc) is 2.13. The Hall–Kier alpha value is -0.320. The van der Waals surface area contributed by atoms with Gasteiger partial charge in [-0.15, -0.1) is 12.4 Å². The third-order valence-corrected chi connectivity index (χ3v) is 1.44. The molecule has 0 bridgehead atoms. The quantitative estimate of drug-likeness (QED) is 0.551. The molecule has 0 saturated carbocycles. The molecule has 1 saturated heterocycles. The summed E-state index contributed by atoms with van der Waals surface area (Å²) in [5, 5.41) is 8.42. The van der Waals surface area contributed by atoms with E-state index in [1.165, 1.54) is 0 Å². The highest BCUT2D eigenvalue weighted by atomic mass is 35.5. The Balaban J connectivity index is 0.000000810. The van der Waals surface area contributed by atoms with E-state index < -0.39 is 11.9 Å². The van der Waals surface area contributed by atoms with Crippen LogP contribution in [0.4, 0.5) is 0 Å². The number of halogens is 1. The highest BCUT2D eigenvalue weighted by Crippen LogP contribution is 2.10. The van der Waals surface area contributed by atoms with Crippen molar-refractivity contribution in [2.24, 2.45) is 11.7 Å². The van der Waals surface area contributed by atoms with Crippen molar-refractivity contribution in [3.63, 3.8) is 0 Å². The van der Waals surface area contributed by atoms with Crippen molar-refractivity contribution >= 4 is 18.4 Å². The summed E-state index contributed by atoms with van der Waals surface area (Å²) < 4.78 is 4.82. The van der Waals surface area contributed by atoms with Crippen molar-refractivity contribution in [3.8, 4) is 0 Å². The zero-order valence-electron chi connectivity index (χ0n) is 5.32. The van der Waals surface area contributed by atoms with E-state index in [2.05, 4.69) is 0 Å². The van der Waals surface area contributed by atoms with E-state index >= 15 is 0 Å². The zero-order valence-corrected chi connectivity index (χ0v) is 6.13. The predicted molar refractivity (Wildman–Crippen MR) is 37.2 cm³/mol. The Morgan fingerprint density at radius 1 is 1.60 bits per heavy atom. The topological polar surface area (TPSA) is 72.5 Å². The second-order valence-electron chi connectivity index (χ2n) is 2.15. The fourth-order valence-corrected chi connectivity index (χ4v) is 0.825. The second kappa shape index (κ2) is 3.75. The first-order chi connectivity index (χ1) is 4.22. The molecule has 1 aliphatic heterocycles. The fraction of sp³-hybridized carbons (Fsp3) is 0.800. The van der Waals surface area contributed by atoms with Crippen molar-refractivity contribution in [2.45, 2.75) is 6.04 Å². The SMILES string of the molecule is Cl.N[C@H]1COC[C@@H]1C(=O)O. The van der Waals surface area contributed by atoms with Crippen LogP contribution in [0.15, 0.2) is 0 Å². The second-order valence-corrected chi connectivity index (χ2v) is 2.15. The van der Waals surface area contributed by atoms with Gasteiger partial charge < -0.3 is 15.6 Å². The Bertz CT molecular complexity index is 130. The lowest BCUT2D eigenvalue weighted by molar-refractivity contribution is -0.141. The first kappa shape index (κ1) is 9.68. The lowest BCUT2D eigenvalue weighted by Crippen LogP contribution is -2.33. The Morgan fingerprint density at radius 2 is 2.20 bits per heavy atom. The molecule has 0 amide bonds. The molecule has 0 aromatic heterocycles. The molecule has 3 N–H and O–H groups in total. The van der Waals surface area contributed by atoms with Gasteiger partial charge in [0.05, 0.1) is 19.1 Å². The minimum Gasteiger partial charge on any atom is -0.481 e. The summed E-state index contributed by atoms with van der Waals surface area (Å²) in [7, 11) is 0. The largest absolute Gasteiger partial charge is 0.481 e. The molecule has 60 valence electrons. The van der Waals surface area contributed by atoms with Gasteiger partial charge in [0.1, 0.15) is 0 Å². The molecular weight excluding hydrogens is 158 g/mol. The summed E-state index contributed by atoms with van der Waals surface area (Å²) >= 11 is 0. The molecule has 1 fully saturated rings. The summed E-state index contributed by atoms with van der Waals surface area (Å²) in [4.78, 5) is 10.3. The van der Waals surface area contributed by atoms with Crippen molar-refractivity contribution in [1.82, 2.24) is 0 Å². The Morgan fingerprint density at radius 3 is 2.40 bits per heavy atom. The summed E-state index contributed by atoms with van der Waals surface area (Å²) in [5.74, 6) is -1.36. The summed E-state index contributed by atoms with van der Waals surface area (Å²) in [5.41, 5.74) is 5.37. The molecule has 0 aromatic carbocycles. The number of carbonyl (C=O) groups is 1. The maximum atomic E-state index is 10.3. The standard InChI is InChI=1S/C5H9NO3.ClH/c6-4-2-9-1-3(4)5(7)8;/h3-4H,1-2,6H2,(H,7,8);1H/t3-,4-;/m0./s1. The van der Waals surface area contributed by atoms with E-state index in [1.807, 2.05) is 0 Å². The molecule has 0 aliphatic carbocycles. The Labute approximate surface area is 64.8 Å². The smallest absolute Gasteiger partial charge is 0.310 e. The zero-order chi connectivity index (χ0) is 6.85. The highest BCUT2D eigenvalue weighted by molar-refractivity contribution is 5.85. The molecule has 1 rings (SSSR count). The van der Waals surface area contributed by atoms with Gasteiger partial charge in [0, 0.05) is 6.04 Å². The van der Waals surface area contributed by atoms with E-state index in [0.717, 1.165) is 0 Å². The van der Waals surface area contributed by atoms with Crippen molar-refractivity contribution < 1.29 is 14.6 Å². The van der Waals surface area contributed by atoms with Gasteiger partial charge in [-0.2, -0.15) is 0 Å². The van der Waals surface area contributed by atoms with Gasteiger partial charge in [-0.25, -0.2) is 0 Å². The number of carboxylic acids is 1. The third kappa shape index (κ3) is 1.83. The molecule has 2 atom stereocenters. The molecular formula is C5H10ClNO3. The predicted octanol–water partition coefficient (Wildman–Crippen LogP) is -0.534. The average molecular weight is 168 g/mol. The number of ether oxygens (including phenoxy) is 1. The van der Waals surface area contributed by atoms with Crippen LogP contribution in [-0.4, -0.2) is 30.3 Å². The van der Waals surface area contributed by atoms with E-state index in [0.29, 0.717) is 6.61 Å². The highest BCUT2D eigenvalue weighted by Gasteiger charge is 2.30. The van der Waals surface area contributed by atoms with Crippen LogP contribution in [0.5, 0.6) is 0 Å². The maximum Gasteiger partial charge on any atom is 0.310 e. The molecule has 1 aliphatic rings. The first-order valence-electron chi connectivity index (χ1n) is 2.78. The number of aliphatic carboxylic acids is 1. The van der Waals surface area contributed by atoms with Gasteiger partial charge in [-0.1, -0.05) is 0 Å². The lowest BCUT2D eigenvalue weighted by atomic mass is 10.1. The van der Waals surface area contributed by atoms with Gasteiger partial charge in [0.2, 0.25) is 0 Å². The number of nitrogens with two attached hydrogens (primary N) is 1. The van der Waals surface area contributed by atoms with E-state index in [4.69, 9.17) is 15.6 Å². The van der Waals surface area contributed by atoms with Crippen molar-refractivity contribution in [3.05, 3.63) is 0 Å². The summed E-state index contributed by atoms with van der Waals surface area (Å²) in [6.45, 7) is 0.632. The molecule has 4 nitrogen and oxygen atoms in total. The molecule has 10 heavy (non-hydrogen) atoms. The minimum absolute atomic E-state index is 0. The number of rotatable bonds is 1. The van der Waals surface area contributed by atoms with Gasteiger partial charge in [-0.3, -0.25) is 4.79 Å². The van der Waals surface area contributed by atoms with Crippen LogP contribution < -0.4 is 5.73 Å². The normalized spacial score (nSPS) is 31.3. The van der Waals surface area contributed by atoms with Crippen molar-refractivity contribution in [2.75, 3.05) is 13.2 Å². The van der Waals surface area contributed by atoms with E-state index in [9.17, 15) is 4.79 Å².